The topological polar surface area (TPSA) is 42.2 Å². The molecule has 0 fully saturated rings. The van der Waals surface area contributed by atoms with Gasteiger partial charge < -0.3 is 9.47 Å². The molecule has 0 unspecified atom stereocenters. The molecule has 2 aromatic carbocycles. The molecule has 0 amide bonds. The first-order valence-electron chi connectivity index (χ1n) is 7.53. The highest BCUT2D eigenvalue weighted by molar-refractivity contribution is 5.33. The van der Waals surface area contributed by atoms with E-state index in [4.69, 9.17) is 21.2 Å². The third-order valence-electron chi connectivity index (χ3n) is 3.38. The van der Waals surface area contributed by atoms with Crippen molar-refractivity contribution in [2.75, 3.05) is 13.2 Å². The van der Waals surface area contributed by atoms with Gasteiger partial charge in [0, 0.05) is 17.5 Å². The standard InChI is InChI=1S/C20H19NO2/c1-2-3-16-22-20(23-17-10-15-21,18-11-6-4-7-12-18)19-13-8-5-9-14-19/h1,4-9,11-14H,3,10,16-17H2. The van der Waals surface area contributed by atoms with E-state index in [1.54, 1.807) is 0 Å². The number of benzene rings is 2. The molecular weight excluding hydrogens is 286 g/mol. The molecule has 2 rings (SSSR count). The van der Waals surface area contributed by atoms with E-state index in [1.165, 1.54) is 0 Å². The molecule has 0 aliphatic heterocycles. The Morgan fingerprint density at radius 2 is 1.30 bits per heavy atom. The Balaban J connectivity index is 2.44. The van der Waals surface area contributed by atoms with Gasteiger partial charge in [0.25, 0.3) is 0 Å². The molecule has 0 aromatic heterocycles. The van der Waals surface area contributed by atoms with E-state index in [1.807, 2.05) is 60.7 Å². The second kappa shape index (κ2) is 8.76. The van der Waals surface area contributed by atoms with Crippen LogP contribution in [0.1, 0.15) is 24.0 Å². The van der Waals surface area contributed by atoms with E-state index in [-0.39, 0.29) is 6.61 Å². The Bertz CT molecular complexity index is 607. The summed E-state index contributed by atoms with van der Waals surface area (Å²) in [6.07, 6.45) is 6.12. The van der Waals surface area contributed by atoms with Crippen molar-refractivity contribution in [1.82, 2.24) is 0 Å². The molecule has 0 atom stereocenters. The van der Waals surface area contributed by atoms with Gasteiger partial charge in [-0.15, -0.1) is 12.3 Å². The van der Waals surface area contributed by atoms with Crippen molar-refractivity contribution in [3.05, 3.63) is 71.8 Å². The number of ether oxygens (including phenoxy) is 2. The Labute approximate surface area is 137 Å². The van der Waals surface area contributed by atoms with E-state index in [0.717, 1.165) is 11.1 Å². The van der Waals surface area contributed by atoms with Crippen molar-refractivity contribution in [2.45, 2.75) is 18.6 Å². The first kappa shape index (κ1) is 16.8. The highest BCUT2D eigenvalue weighted by Crippen LogP contribution is 2.35. The Morgan fingerprint density at radius 1 is 0.826 bits per heavy atom. The largest absolute Gasteiger partial charge is 0.341 e. The summed E-state index contributed by atoms with van der Waals surface area (Å²) in [6.45, 7) is 0.642. The zero-order valence-corrected chi connectivity index (χ0v) is 12.9. The first-order valence-corrected chi connectivity index (χ1v) is 7.53. The third-order valence-corrected chi connectivity index (χ3v) is 3.38. The summed E-state index contributed by atoms with van der Waals surface area (Å²) < 4.78 is 12.2. The normalized spacial score (nSPS) is 10.7. The van der Waals surface area contributed by atoms with Crippen molar-refractivity contribution in [3.63, 3.8) is 0 Å². The minimum absolute atomic E-state index is 0.274. The zero-order chi connectivity index (χ0) is 16.4. The van der Waals surface area contributed by atoms with E-state index in [9.17, 15) is 0 Å². The summed E-state index contributed by atoms with van der Waals surface area (Å²) in [7, 11) is 0. The molecule has 116 valence electrons. The lowest BCUT2D eigenvalue weighted by molar-refractivity contribution is -0.216. The third kappa shape index (κ3) is 4.20. The minimum Gasteiger partial charge on any atom is -0.341 e. The molecular formula is C20H19NO2. The SMILES string of the molecule is C#CCCOC(OCCC#N)(c1ccccc1)c1ccccc1. The van der Waals surface area contributed by atoms with Crippen LogP contribution in [0.15, 0.2) is 60.7 Å². The average Bonchev–Trinajstić information content (AvgIpc) is 2.62. The maximum atomic E-state index is 8.82. The predicted octanol–water partition coefficient (Wildman–Crippen LogP) is 3.86. The van der Waals surface area contributed by atoms with Crippen LogP contribution in [0.2, 0.25) is 0 Å². The summed E-state index contributed by atoms with van der Waals surface area (Å²) >= 11 is 0. The van der Waals surface area contributed by atoms with E-state index in [2.05, 4.69) is 12.0 Å². The molecule has 0 heterocycles. The van der Waals surface area contributed by atoms with Crippen LogP contribution in [-0.2, 0) is 15.3 Å². The van der Waals surface area contributed by atoms with E-state index in [0.29, 0.717) is 19.4 Å². The second-order valence-electron chi connectivity index (χ2n) is 4.91. The van der Waals surface area contributed by atoms with Crippen molar-refractivity contribution >= 4 is 0 Å². The Morgan fingerprint density at radius 3 is 1.74 bits per heavy atom. The monoisotopic (exact) mass is 305 g/mol. The molecule has 0 saturated heterocycles. The van der Waals surface area contributed by atoms with Gasteiger partial charge in [-0.25, -0.2) is 0 Å². The summed E-state index contributed by atoms with van der Waals surface area (Å²) in [4.78, 5) is 0. The molecule has 3 nitrogen and oxygen atoms in total. The van der Waals surface area contributed by atoms with E-state index >= 15 is 0 Å². The molecule has 0 N–H and O–H groups in total. The van der Waals surface area contributed by atoms with Crippen molar-refractivity contribution in [2.24, 2.45) is 0 Å². The summed E-state index contributed by atoms with van der Waals surface area (Å²) in [5, 5.41) is 8.82. The molecule has 0 aliphatic rings. The minimum atomic E-state index is -1.06. The lowest BCUT2D eigenvalue weighted by atomic mass is 9.97. The highest BCUT2D eigenvalue weighted by Gasteiger charge is 2.36. The molecule has 2 aromatic rings. The molecule has 0 saturated carbocycles. The van der Waals surface area contributed by atoms with Crippen molar-refractivity contribution in [1.29, 1.82) is 5.26 Å². The number of hydrogen-bond acceptors (Lipinski definition) is 3. The van der Waals surface area contributed by atoms with Gasteiger partial charge in [0.1, 0.15) is 0 Å². The summed E-state index contributed by atoms with van der Waals surface area (Å²) in [5.41, 5.74) is 1.75. The van der Waals surface area contributed by atoms with Gasteiger partial charge in [0.15, 0.2) is 0 Å². The lowest BCUT2D eigenvalue weighted by Gasteiger charge is -2.34. The number of terminal acetylenes is 1. The van der Waals surface area contributed by atoms with E-state index < -0.39 is 5.79 Å². The van der Waals surface area contributed by atoms with Gasteiger partial charge in [-0.2, -0.15) is 5.26 Å². The van der Waals surface area contributed by atoms with Gasteiger partial charge in [0.05, 0.1) is 25.7 Å². The fourth-order valence-corrected chi connectivity index (χ4v) is 2.35. The maximum Gasteiger partial charge on any atom is 0.222 e. The molecule has 3 heteroatoms. The van der Waals surface area contributed by atoms with Crippen LogP contribution in [-0.4, -0.2) is 13.2 Å². The van der Waals surface area contributed by atoms with Crippen LogP contribution >= 0.6 is 0 Å². The van der Waals surface area contributed by atoms with Crippen LogP contribution in [0.5, 0.6) is 0 Å². The average molecular weight is 305 g/mol. The maximum absolute atomic E-state index is 8.82. The molecule has 0 spiro atoms. The predicted molar refractivity (Wildman–Crippen MR) is 89.2 cm³/mol. The van der Waals surface area contributed by atoms with Crippen LogP contribution in [0.4, 0.5) is 0 Å². The smallest absolute Gasteiger partial charge is 0.222 e. The summed E-state index contributed by atoms with van der Waals surface area (Å²) in [6, 6.07) is 21.5. The Hall–Kier alpha value is -2.59. The van der Waals surface area contributed by atoms with Crippen LogP contribution in [0, 0.1) is 23.7 Å². The molecule has 0 aliphatic carbocycles. The van der Waals surface area contributed by atoms with Crippen molar-refractivity contribution < 1.29 is 9.47 Å². The lowest BCUT2D eigenvalue weighted by Crippen LogP contribution is -2.35. The number of rotatable bonds is 8. The highest BCUT2D eigenvalue weighted by atomic mass is 16.7. The molecule has 0 radical (unpaired) electrons. The number of nitriles is 1. The van der Waals surface area contributed by atoms with Gasteiger partial charge in [0.2, 0.25) is 5.79 Å². The van der Waals surface area contributed by atoms with Gasteiger partial charge in [-0.1, -0.05) is 60.7 Å². The first-order chi connectivity index (χ1) is 11.3. The van der Waals surface area contributed by atoms with Crippen molar-refractivity contribution in [3.8, 4) is 18.4 Å². The zero-order valence-electron chi connectivity index (χ0n) is 12.9. The quantitative estimate of drug-likeness (QED) is 0.422. The fraction of sp³-hybridized carbons (Fsp3) is 0.250. The molecule has 23 heavy (non-hydrogen) atoms. The Kier molecular flexibility index (Phi) is 6.39. The van der Waals surface area contributed by atoms with Gasteiger partial charge in [-0.3, -0.25) is 0 Å². The van der Waals surface area contributed by atoms with Crippen LogP contribution in [0.25, 0.3) is 0 Å². The number of hydrogen-bond donors (Lipinski definition) is 0. The molecule has 0 bridgehead atoms. The van der Waals surface area contributed by atoms with Crippen LogP contribution < -0.4 is 0 Å². The van der Waals surface area contributed by atoms with Gasteiger partial charge >= 0.3 is 0 Å². The number of nitrogens with zero attached hydrogens (tertiary/aromatic N) is 1. The fourth-order valence-electron chi connectivity index (χ4n) is 2.35. The van der Waals surface area contributed by atoms with Crippen LogP contribution in [0.3, 0.4) is 0 Å². The summed E-state index contributed by atoms with van der Waals surface area (Å²) in [5.74, 6) is 1.52. The van der Waals surface area contributed by atoms with Gasteiger partial charge in [-0.05, 0) is 0 Å². The second-order valence-corrected chi connectivity index (χ2v) is 4.91.